The van der Waals surface area contributed by atoms with E-state index >= 15 is 0 Å². The Morgan fingerprint density at radius 2 is 2.00 bits per heavy atom. The summed E-state index contributed by atoms with van der Waals surface area (Å²) in [5.74, 6) is 0.770. The number of nitrogens with one attached hydrogen (secondary N) is 2. The summed E-state index contributed by atoms with van der Waals surface area (Å²) in [5, 5.41) is 3.71. The van der Waals surface area contributed by atoms with E-state index in [0.717, 1.165) is 18.9 Å². The minimum Gasteiger partial charge on any atom is -0.362 e. The molecule has 0 spiro atoms. The zero-order chi connectivity index (χ0) is 17.6. The fraction of sp³-hybridized carbons (Fsp3) is 0.333. The average Bonchev–Trinajstić information content (AvgIpc) is 3.03. The molecule has 2 atom stereocenters. The molecule has 1 aliphatic carbocycles. The number of hydrogen-bond acceptors (Lipinski definition) is 3. The van der Waals surface area contributed by atoms with Gasteiger partial charge in [-0.15, -0.1) is 0 Å². The molecule has 0 fully saturated rings. The number of aromatic amines is 1. The van der Waals surface area contributed by atoms with Crippen molar-refractivity contribution in [1.29, 1.82) is 0 Å². The van der Waals surface area contributed by atoms with Gasteiger partial charge in [0.1, 0.15) is 23.5 Å². The van der Waals surface area contributed by atoms with Crippen LogP contribution in [0.25, 0.3) is 11.0 Å². The number of aromatic nitrogens is 3. The van der Waals surface area contributed by atoms with Gasteiger partial charge in [0.25, 0.3) is 0 Å². The van der Waals surface area contributed by atoms with Crippen LogP contribution in [0.5, 0.6) is 0 Å². The van der Waals surface area contributed by atoms with Crippen molar-refractivity contribution in [1.82, 2.24) is 15.0 Å². The third-order valence-electron chi connectivity index (χ3n) is 4.85. The second-order valence-electron chi connectivity index (χ2n) is 6.50. The van der Waals surface area contributed by atoms with E-state index in [1.165, 1.54) is 17.5 Å². The van der Waals surface area contributed by atoms with Gasteiger partial charge >= 0.3 is 6.18 Å². The van der Waals surface area contributed by atoms with Gasteiger partial charge in [0.15, 0.2) is 0 Å². The second kappa shape index (κ2) is 5.75. The molecule has 0 bridgehead atoms. The molecule has 0 saturated heterocycles. The Morgan fingerprint density at radius 1 is 1.20 bits per heavy atom. The smallest absolute Gasteiger partial charge is 0.362 e. The van der Waals surface area contributed by atoms with Gasteiger partial charge < -0.3 is 10.3 Å². The van der Waals surface area contributed by atoms with Crippen LogP contribution in [-0.2, 0) is 12.6 Å². The van der Waals surface area contributed by atoms with Gasteiger partial charge in [-0.05, 0) is 36.0 Å². The van der Waals surface area contributed by atoms with Gasteiger partial charge in [-0.1, -0.05) is 31.2 Å². The monoisotopic (exact) mass is 346 g/mol. The molecule has 7 heteroatoms. The van der Waals surface area contributed by atoms with E-state index < -0.39 is 11.9 Å². The SMILES string of the molecule is C[C@H]1CCc2ccccc2[C@@H]1Nc1ncnc2[nH]c(C(F)(F)F)cc12. The lowest BCUT2D eigenvalue weighted by Gasteiger charge is -2.32. The maximum Gasteiger partial charge on any atom is 0.431 e. The van der Waals surface area contributed by atoms with E-state index in [-0.39, 0.29) is 11.7 Å². The predicted molar refractivity (Wildman–Crippen MR) is 89.2 cm³/mol. The Balaban J connectivity index is 1.75. The summed E-state index contributed by atoms with van der Waals surface area (Å²) >= 11 is 0. The van der Waals surface area contributed by atoms with Crippen LogP contribution >= 0.6 is 0 Å². The summed E-state index contributed by atoms with van der Waals surface area (Å²) in [4.78, 5) is 10.4. The van der Waals surface area contributed by atoms with E-state index in [9.17, 15) is 13.2 Å². The minimum absolute atomic E-state index is 0.00675. The van der Waals surface area contributed by atoms with Gasteiger partial charge in [-0.3, -0.25) is 0 Å². The Bertz CT molecular complexity index is 916. The first-order chi connectivity index (χ1) is 11.9. The number of fused-ring (bicyclic) bond motifs is 2. The number of H-pyrrole nitrogens is 1. The Hall–Kier alpha value is -2.57. The molecule has 2 heterocycles. The van der Waals surface area contributed by atoms with Crippen molar-refractivity contribution in [2.24, 2.45) is 5.92 Å². The Labute approximate surface area is 142 Å². The quantitative estimate of drug-likeness (QED) is 0.706. The van der Waals surface area contributed by atoms with E-state index in [0.29, 0.717) is 17.1 Å². The molecule has 0 aliphatic heterocycles. The molecule has 2 N–H and O–H groups in total. The average molecular weight is 346 g/mol. The molecule has 2 aromatic heterocycles. The standard InChI is InChI=1S/C18H17F3N4/c1-10-6-7-11-4-2-3-5-12(11)15(10)25-17-13-8-14(18(19,20)21)24-16(13)22-9-23-17/h2-5,8-10,15H,6-7H2,1H3,(H2,22,23,24,25)/t10-,15+/m0/s1. The number of alkyl halides is 3. The fourth-order valence-corrected chi connectivity index (χ4v) is 3.50. The number of rotatable bonds is 2. The summed E-state index contributed by atoms with van der Waals surface area (Å²) in [6.07, 6.45) is -1.13. The van der Waals surface area contributed by atoms with Crippen molar-refractivity contribution in [3.63, 3.8) is 0 Å². The molecule has 0 unspecified atom stereocenters. The first kappa shape index (κ1) is 15.9. The largest absolute Gasteiger partial charge is 0.431 e. The first-order valence-corrected chi connectivity index (χ1v) is 8.19. The highest BCUT2D eigenvalue weighted by molar-refractivity contribution is 5.88. The van der Waals surface area contributed by atoms with Gasteiger partial charge in [-0.25, -0.2) is 9.97 Å². The van der Waals surface area contributed by atoms with Crippen molar-refractivity contribution >= 4 is 16.9 Å². The summed E-state index contributed by atoms with van der Waals surface area (Å²) in [5.41, 5.74) is 1.82. The molecule has 3 aromatic rings. The lowest BCUT2D eigenvalue weighted by molar-refractivity contribution is -0.140. The number of benzene rings is 1. The number of halogens is 3. The van der Waals surface area contributed by atoms with Crippen molar-refractivity contribution in [2.45, 2.75) is 32.0 Å². The van der Waals surface area contributed by atoms with Crippen LogP contribution in [0.3, 0.4) is 0 Å². The van der Waals surface area contributed by atoms with Crippen molar-refractivity contribution in [2.75, 3.05) is 5.32 Å². The molecule has 0 radical (unpaired) electrons. The second-order valence-corrected chi connectivity index (χ2v) is 6.50. The van der Waals surface area contributed by atoms with Gasteiger partial charge in [0, 0.05) is 0 Å². The third kappa shape index (κ3) is 2.83. The lowest BCUT2D eigenvalue weighted by atomic mass is 9.80. The molecule has 25 heavy (non-hydrogen) atoms. The minimum atomic E-state index is -4.44. The molecule has 1 aliphatic rings. The summed E-state index contributed by atoms with van der Waals surface area (Å²) in [7, 11) is 0. The molecular weight excluding hydrogens is 329 g/mol. The molecule has 130 valence electrons. The van der Waals surface area contributed by atoms with Gasteiger partial charge in [0.05, 0.1) is 11.4 Å². The van der Waals surface area contributed by atoms with Crippen LogP contribution in [0.2, 0.25) is 0 Å². The van der Waals surface area contributed by atoms with Crippen LogP contribution in [0.15, 0.2) is 36.7 Å². The molecule has 4 nitrogen and oxygen atoms in total. The first-order valence-electron chi connectivity index (χ1n) is 8.19. The van der Waals surface area contributed by atoms with Gasteiger partial charge in [0.2, 0.25) is 0 Å². The van der Waals surface area contributed by atoms with Crippen LogP contribution in [0, 0.1) is 5.92 Å². The van der Waals surface area contributed by atoms with Crippen LogP contribution in [-0.4, -0.2) is 15.0 Å². The molecular formula is C18H17F3N4. The number of anilines is 1. The lowest BCUT2D eigenvalue weighted by Crippen LogP contribution is -2.25. The van der Waals surface area contributed by atoms with Crippen molar-refractivity contribution in [3.05, 3.63) is 53.5 Å². The summed E-state index contributed by atoms with van der Waals surface area (Å²) in [6.45, 7) is 2.14. The topological polar surface area (TPSA) is 53.6 Å². The fourth-order valence-electron chi connectivity index (χ4n) is 3.50. The molecule has 4 rings (SSSR count). The van der Waals surface area contributed by atoms with Crippen molar-refractivity contribution in [3.8, 4) is 0 Å². The summed E-state index contributed by atoms with van der Waals surface area (Å²) in [6, 6.07) is 9.24. The highest BCUT2D eigenvalue weighted by Gasteiger charge is 2.34. The highest BCUT2D eigenvalue weighted by atomic mass is 19.4. The Morgan fingerprint density at radius 3 is 2.80 bits per heavy atom. The number of nitrogens with zero attached hydrogens (tertiary/aromatic N) is 2. The zero-order valence-electron chi connectivity index (χ0n) is 13.6. The van der Waals surface area contributed by atoms with Crippen LogP contribution in [0.1, 0.15) is 36.2 Å². The zero-order valence-corrected chi connectivity index (χ0v) is 13.6. The van der Waals surface area contributed by atoms with E-state index in [1.54, 1.807) is 0 Å². The van der Waals surface area contributed by atoms with Crippen LogP contribution in [0.4, 0.5) is 19.0 Å². The molecule has 1 aromatic carbocycles. The highest BCUT2D eigenvalue weighted by Crippen LogP contribution is 2.38. The maximum absolute atomic E-state index is 13.0. The normalized spacial score (nSPS) is 20.5. The number of hydrogen-bond donors (Lipinski definition) is 2. The van der Waals surface area contributed by atoms with Crippen LogP contribution < -0.4 is 5.32 Å². The molecule has 0 amide bonds. The molecule has 0 saturated carbocycles. The van der Waals surface area contributed by atoms with Crippen molar-refractivity contribution < 1.29 is 13.2 Å². The van der Waals surface area contributed by atoms with E-state index in [1.807, 2.05) is 12.1 Å². The maximum atomic E-state index is 13.0. The third-order valence-corrected chi connectivity index (χ3v) is 4.85. The van der Waals surface area contributed by atoms with E-state index in [2.05, 4.69) is 39.3 Å². The predicted octanol–water partition coefficient (Wildman–Crippen LogP) is 4.71. The van der Waals surface area contributed by atoms with Gasteiger partial charge in [-0.2, -0.15) is 13.2 Å². The van der Waals surface area contributed by atoms with E-state index in [4.69, 9.17) is 0 Å². The Kier molecular flexibility index (Phi) is 3.67. The summed E-state index contributed by atoms with van der Waals surface area (Å²) < 4.78 is 38.9. The number of aryl methyl sites for hydroxylation is 1.